The van der Waals surface area contributed by atoms with E-state index in [4.69, 9.17) is 15.2 Å². The van der Waals surface area contributed by atoms with Crippen LogP contribution >= 0.6 is 0 Å². The first kappa shape index (κ1) is 23.3. The molecule has 190 valence electrons. The van der Waals surface area contributed by atoms with Crippen LogP contribution in [0.4, 0.5) is 16.2 Å². The molecule has 3 N–H and O–H groups in total. The first-order chi connectivity index (χ1) is 18.0. The summed E-state index contributed by atoms with van der Waals surface area (Å²) in [5.74, 6) is 1.16. The molecule has 1 amide bonds. The number of nitrogen functional groups attached to an aromatic ring is 1. The third kappa shape index (κ3) is 4.59. The van der Waals surface area contributed by atoms with Crippen molar-refractivity contribution in [2.24, 2.45) is 5.92 Å². The number of nitrogens with one attached hydrogen (secondary N) is 1. The Morgan fingerprint density at radius 2 is 1.89 bits per heavy atom. The number of aromatic nitrogens is 3. The highest BCUT2D eigenvalue weighted by molar-refractivity contribution is 6.02. The maximum Gasteiger partial charge on any atom is 0.411 e. The van der Waals surface area contributed by atoms with Gasteiger partial charge in [0.1, 0.15) is 11.9 Å². The molecule has 0 bridgehead atoms. The highest BCUT2D eigenvalue weighted by atomic mass is 16.6. The minimum absolute atomic E-state index is 0.0557. The zero-order valence-electron chi connectivity index (χ0n) is 21.1. The number of carbonyl (C=O) groups is 1. The van der Waals surface area contributed by atoms with Crippen molar-refractivity contribution in [3.63, 3.8) is 0 Å². The number of nitrogens with two attached hydrogens (primary N) is 1. The van der Waals surface area contributed by atoms with E-state index in [2.05, 4.69) is 25.9 Å². The minimum atomic E-state index is -0.409. The Labute approximate surface area is 215 Å². The molecule has 2 aromatic carbocycles. The van der Waals surface area contributed by atoms with Gasteiger partial charge in [-0.15, -0.1) is 0 Å². The fourth-order valence-electron chi connectivity index (χ4n) is 5.06. The number of rotatable bonds is 7. The van der Waals surface area contributed by atoms with Crippen LogP contribution in [0.1, 0.15) is 50.6 Å². The third-order valence-corrected chi connectivity index (χ3v) is 7.52. The van der Waals surface area contributed by atoms with Crippen molar-refractivity contribution >= 4 is 28.4 Å². The Bertz CT molecular complexity index is 1460. The number of anilines is 2. The van der Waals surface area contributed by atoms with Crippen LogP contribution in [0.15, 0.2) is 54.9 Å². The second kappa shape index (κ2) is 9.42. The van der Waals surface area contributed by atoms with Crippen molar-refractivity contribution in [3.8, 4) is 23.0 Å². The van der Waals surface area contributed by atoms with Gasteiger partial charge in [-0.1, -0.05) is 6.07 Å². The van der Waals surface area contributed by atoms with Gasteiger partial charge < -0.3 is 19.8 Å². The van der Waals surface area contributed by atoms with E-state index < -0.39 is 6.09 Å². The average molecular weight is 498 g/mol. The normalized spacial score (nSPS) is 16.3. The lowest BCUT2D eigenvalue weighted by atomic mass is 9.92. The molecule has 2 aliphatic carbocycles. The van der Waals surface area contributed by atoms with Crippen LogP contribution in [0, 0.1) is 12.8 Å². The van der Waals surface area contributed by atoms with Gasteiger partial charge >= 0.3 is 12.1 Å². The van der Waals surface area contributed by atoms with Crippen LogP contribution in [0.3, 0.4) is 0 Å². The summed E-state index contributed by atoms with van der Waals surface area (Å²) in [6.07, 6.45) is 8.51. The van der Waals surface area contributed by atoms with Crippen LogP contribution in [0.25, 0.3) is 22.2 Å². The molecule has 2 heterocycles. The summed E-state index contributed by atoms with van der Waals surface area (Å²) >= 11 is 0. The minimum Gasteiger partial charge on any atom is -0.446 e. The van der Waals surface area contributed by atoms with Crippen LogP contribution in [-0.2, 0) is 4.74 Å². The number of fused-ring (bicyclic) bond motifs is 1. The van der Waals surface area contributed by atoms with Crippen LogP contribution in [-0.4, -0.2) is 26.7 Å². The number of nitrogens with zero attached hydrogens (tertiary/aromatic N) is 3. The number of carbonyl (C=O) groups excluding carboxylic acids is 1. The zero-order chi connectivity index (χ0) is 25.5. The molecule has 2 fully saturated rings. The number of benzene rings is 2. The average Bonchev–Trinajstić information content (AvgIpc) is 3.67. The van der Waals surface area contributed by atoms with E-state index in [9.17, 15) is 4.79 Å². The second-order valence-corrected chi connectivity index (χ2v) is 10.1. The Kier molecular flexibility index (Phi) is 5.94. The van der Waals surface area contributed by atoms with Crippen molar-refractivity contribution in [3.05, 3.63) is 60.4 Å². The molecular weight excluding hydrogens is 466 g/mol. The largest absolute Gasteiger partial charge is 0.446 e. The van der Waals surface area contributed by atoms with Gasteiger partial charge in [-0.2, -0.15) is 0 Å². The summed E-state index contributed by atoms with van der Waals surface area (Å²) in [6.45, 7) is 3.94. The molecule has 2 saturated carbocycles. The van der Waals surface area contributed by atoms with E-state index in [-0.39, 0.29) is 6.10 Å². The lowest BCUT2D eigenvalue weighted by Gasteiger charge is -2.30. The zero-order valence-corrected chi connectivity index (χ0v) is 21.1. The summed E-state index contributed by atoms with van der Waals surface area (Å²) in [6, 6.07) is 14.4. The Morgan fingerprint density at radius 1 is 1.11 bits per heavy atom. The first-order valence-electron chi connectivity index (χ1n) is 12.9. The highest BCUT2D eigenvalue weighted by Gasteiger charge is 2.31. The van der Waals surface area contributed by atoms with Crippen LogP contribution < -0.4 is 15.8 Å². The molecule has 2 aliphatic rings. The van der Waals surface area contributed by atoms with Crippen LogP contribution in [0.5, 0.6) is 11.8 Å². The van der Waals surface area contributed by atoms with E-state index >= 15 is 0 Å². The lowest BCUT2D eigenvalue weighted by Crippen LogP contribution is -2.22. The molecule has 4 aromatic rings. The van der Waals surface area contributed by atoms with Crippen LogP contribution in [0.2, 0.25) is 0 Å². The number of amides is 1. The summed E-state index contributed by atoms with van der Waals surface area (Å²) < 4.78 is 13.8. The number of hydrogen-bond donors (Lipinski definition) is 2. The van der Waals surface area contributed by atoms with Gasteiger partial charge in [0.15, 0.2) is 0 Å². The molecule has 0 saturated heterocycles. The quantitative estimate of drug-likeness (QED) is 0.289. The van der Waals surface area contributed by atoms with Crippen molar-refractivity contribution < 1.29 is 14.3 Å². The Hall–Kier alpha value is -4.07. The summed E-state index contributed by atoms with van der Waals surface area (Å²) in [4.78, 5) is 20.8. The molecule has 2 aromatic heterocycles. The van der Waals surface area contributed by atoms with Gasteiger partial charge in [-0.3, -0.25) is 5.32 Å². The molecular formula is C29H31N5O3. The monoisotopic (exact) mass is 497 g/mol. The molecule has 8 nitrogen and oxygen atoms in total. The number of hydrogen-bond acceptors (Lipinski definition) is 6. The summed E-state index contributed by atoms with van der Waals surface area (Å²) in [5.41, 5.74) is 12.2. The number of aryl methyl sites for hydroxylation is 1. The first-order valence-corrected chi connectivity index (χ1v) is 12.9. The predicted octanol–water partition coefficient (Wildman–Crippen LogP) is 6.85. The van der Waals surface area contributed by atoms with E-state index in [0.717, 1.165) is 64.8 Å². The Balaban J connectivity index is 1.33. The molecule has 6 rings (SSSR count). The highest BCUT2D eigenvalue weighted by Crippen LogP contribution is 2.45. The molecule has 37 heavy (non-hydrogen) atoms. The molecule has 0 spiro atoms. The topological polar surface area (TPSA) is 104 Å². The van der Waals surface area contributed by atoms with Crippen molar-refractivity contribution in [2.45, 2.75) is 58.1 Å². The van der Waals surface area contributed by atoms with Crippen molar-refractivity contribution in [2.75, 3.05) is 11.1 Å². The van der Waals surface area contributed by atoms with E-state index in [1.165, 1.54) is 6.42 Å². The smallest absolute Gasteiger partial charge is 0.411 e. The van der Waals surface area contributed by atoms with E-state index in [1.54, 1.807) is 18.5 Å². The molecule has 8 heteroatoms. The molecule has 1 atom stereocenters. The van der Waals surface area contributed by atoms with Gasteiger partial charge in [-0.25, -0.2) is 14.8 Å². The fourth-order valence-corrected chi connectivity index (χ4v) is 5.06. The van der Waals surface area contributed by atoms with Gasteiger partial charge in [0.2, 0.25) is 0 Å². The lowest BCUT2D eigenvalue weighted by molar-refractivity contribution is 0.108. The summed E-state index contributed by atoms with van der Waals surface area (Å²) in [5, 5.41) is 3.89. The van der Waals surface area contributed by atoms with E-state index in [1.807, 2.05) is 44.2 Å². The maximum absolute atomic E-state index is 12.4. The number of ether oxygens (including phenoxy) is 2. The predicted molar refractivity (Wildman–Crippen MR) is 144 cm³/mol. The molecule has 0 radical (unpaired) electrons. The van der Waals surface area contributed by atoms with Gasteiger partial charge in [-0.05, 0) is 87.8 Å². The second-order valence-electron chi connectivity index (χ2n) is 10.1. The molecule has 0 aliphatic heterocycles. The molecule has 0 unspecified atom stereocenters. The Morgan fingerprint density at radius 3 is 2.57 bits per heavy atom. The van der Waals surface area contributed by atoms with Gasteiger partial charge in [0, 0.05) is 41.1 Å². The standard InChI is InChI=1S/C29H31N5O3/c1-17-15-20(9-12-24(17)33-29(35)36-18(2)19-7-8-19)27-26(30)23-11-10-22(37-28-31-13-4-14-32-28)16-25(23)34(27)21-5-3-6-21/h4,9-16,18-19,21H,3,5-8,30H2,1-2H3,(H,33,35)/t18-/m1/s1. The van der Waals surface area contributed by atoms with Crippen molar-refractivity contribution in [1.82, 2.24) is 14.5 Å². The van der Waals surface area contributed by atoms with Crippen molar-refractivity contribution in [1.29, 1.82) is 0 Å². The van der Waals surface area contributed by atoms with Gasteiger partial charge in [0.05, 0.1) is 16.9 Å². The SMILES string of the molecule is Cc1cc(-c2c(N)c3ccc(Oc4ncccn4)cc3n2C2CCC2)ccc1NC(=O)O[C@H](C)C1CC1. The van der Waals surface area contributed by atoms with Gasteiger partial charge in [0.25, 0.3) is 0 Å². The maximum atomic E-state index is 12.4. The third-order valence-electron chi connectivity index (χ3n) is 7.52. The fraction of sp³-hybridized carbons (Fsp3) is 0.345. The summed E-state index contributed by atoms with van der Waals surface area (Å²) in [7, 11) is 0. The van der Waals surface area contributed by atoms with E-state index in [0.29, 0.717) is 23.7 Å².